The van der Waals surface area contributed by atoms with Crippen molar-refractivity contribution in [2.45, 2.75) is 6.42 Å². The van der Waals surface area contributed by atoms with E-state index >= 15 is 0 Å². The van der Waals surface area contributed by atoms with E-state index in [2.05, 4.69) is 39.6 Å². The number of aromatic nitrogens is 2. The zero-order valence-electron chi connectivity index (χ0n) is 11.4. The first-order chi connectivity index (χ1) is 8.72. The van der Waals surface area contributed by atoms with E-state index in [0.717, 1.165) is 31.9 Å². The van der Waals surface area contributed by atoms with Crippen molar-refractivity contribution in [1.29, 1.82) is 0 Å². The molecule has 0 spiro atoms. The molecule has 6 heteroatoms. The van der Waals surface area contributed by atoms with Gasteiger partial charge in [-0.1, -0.05) is 0 Å². The summed E-state index contributed by atoms with van der Waals surface area (Å²) in [6, 6.07) is 1.85. The molecule has 0 aliphatic rings. The largest absolute Gasteiger partial charge is 0.383 e. The number of ether oxygens (including phenoxy) is 1. The number of hydrogen-bond acceptors (Lipinski definition) is 6. The molecule has 0 saturated heterocycles. The van der Waals surface area contributed by atoms with E-state index in [4.69, 9.17) is 4.74 Å². The van der Waals surface area contributed by atoms with Crippen molar-refractivity contribution in [2.24, 2.45) is 0 Å². The summed E-state index contributed by atoms with van der Waals surface area (Å²) >= 11 is 0. The maximum absolute atomic E-state index is 4.97. The van der Waals surface area contributed by atoms with Gasteiger partial charge in [0, 0.05) is 26.4 Å². The first-order valence-electron chi connectivity index (χ1n) is 6.17. The number of nitrogens with zero attached hydrogens (tertiary/aromatic N) is 3. The molecule has 0 amide bonds. The van der Waals surface area contributed by atoms with Crippen LogP contribution in [0.2, 0.25) is 0 Å². The number of anilines is 2. The van der Waals surface area contributed by atoms with E-state index in [1.807, 2.05) is 6.07 Å². The number of rotatable bonds is 9. The molecule has 0 aliphatic carbocycles. The second kappa shape index (κ2) is 8.66. The number of methoxy groups -OCH3 is 1. The predicted octanol–water partition coefficient (Wildman–Crippen LogP) is 0.899. The van der Waals surface area contributed by atoms with Crippen LogP contribution in [0.25, 0.3) is 0 Å². The Morgan fingerprint density at radius 2 is 2.11 bits per heavy atom. The summed E-state index contributed by atoms with van der Waals surface area (Å²) in [5.41, 5.74) is 0. The predicted molar refractivity (Wildman–Crippen MR) is 74.1 cm³/mol. The van der Waals surface area contributed by atoms with Crippen molar-refractivity contribution < 1.29 is 4.74 Å². The molecule has 0 bridgehead atoms. The second-order valence-electron chi connectivity index (χ2n) is 4.27. The molecule has 1 aromatic heterocycles. The monoisotopic (exact) mass is 253 g/mol. The Labute approximate surface area is 109 Å². The highest BCUT2D eigenvalue weighted by atomic mass is 16.5. The molecule has 102 valence electrons. The molecule has 0 aromatic carbocycles. The topological polar surface area (TPSA) is 62.3 Å². The first-order valence-corrected chi connectivity index (χ1v) is 6.17. The smallest absolute Gasteiger partial charge is 0.224 e. The standard InChI is InChI=1S/C12H23N5O/c1-17(2)9-4-6-14-12-15-7-5-11(16-12)13-8-10-18-3/h5,7H,4,6,8-10H2,1-3H3,(H2,13,14,15,16). The van der Waals surface area contributed by atoms with Crippen LogP contribution in [0, 0.1) is 0 Å². The molecule has 2 N–H and O–H groups in total. The lowest BCUT2D eigenvalue weighted by Crippen LogP contribution is -2.17. The molecule has 18 heavy (non-hydrogen) atoms. The van der Waals surface area contributed by atoms with Crippen molar-refractivity contribution >= 4 is 11.8 Å². The summed E-state index contributed by atoms with van der Waals surface area (Å²) in [5, 5.41) is 6.38. The summed E-state index contributed by atoms with van der Waals surface area (Å²) < 4.78 is 4.97. The molecule has 1 rings (SSSR count). The van der Waals surface area contributed by atoms with Crippen LogP contribution in [0.15, 0.2) is 12.3 Å². The van der Waals surface area contributed by atoms with Gasteiger partial charge in [-0.3, -0.25) is 0 Å². The highest BCUT2D eigenvalue weighted by Gasteiger charge is 1.98. The lowest BCUT2D eigenvalue weighted by Gasteiger charge is -2.10. The van der Waals surface area contributed by atoms with Gasteiger partial charge in [0.05, 0.1) is 6.61 Å². The van der Waals surface area contributed by atoms with Crippen LogP contribution in [-0.2, 0) is 4.74 Å². The number of hydrogen-bond donors (Lipinski definition) is 2. The van der Waals surface area contributed by atoms with Crippen LogP contribution in [0.1, 0.15) is 6.42 Å². The molecule has 1 heterocycles. The van der Waals surface area contributed by atoms with Crippen LogP contribution in [-0.4, -0.2) is 62.3 Å². The average molecular weight is 253 g/mol. The van der Waals surface area contributed by atoms with Crippen LogP contribution < -0.4 is 10.6 Å². The van der Waals surface area contributed by atoms with Crippen LogP contribution in [0.4, 0.5) is 11.8 Å². The van der Waals surface area contributed by atoms with Crippen molar-refractivity contribution in [1.82, 2.24) is 14.9 Å². The Morgan fingerprint density at radius 3 is 2.83 bits per heavy atom. The summed E-state index contributed by atoms with van der Waals surface area (Å²) in [5.74, 6) is 1.48. The fraction of sp³-hybridized carbons (Fsp3) is 0.667. The average Bonchev–Trinajstić information content (AvgIpc) is 2.35. The molecule has 0 aliphatic heterocycles. The highest BCUT2D eigenvalue weighted by Crippen LogP contribution is 2.05. The van der Waals surface area contributed by atoms with Gasteiger partial charge in [0.25, 0.3) is 0 Å². The molecule has 0 unspecified atom stereocenters. The summed E-state index contributed by atoms with van der Waals surface area (Å²) in [6.45, 7) is 3.33. The molecule has 1 aromatic rings. The molecular weight excluding hydrogens is 230 g/mol. The third-order valence-corrected chi connectivity index (χ3v) is 2.33. The lowest BCUT2D eigenvalue weighted by molar-refractivity contribution is 0.210. The minimum Gasteiger partial charge on any atom is -0.383 e. The Kier molecular flexibility index (Phi) is 7.05. The van der Waals surface area contributed by atoms with E-state index in [-0.39, 0.29) is 0 Å². The van der Waals surface area contributed by atoms with Gasteiger partial charge in [-0.25, -0.2) is 4.98 Å². The summed E-state index contributed by atoms with van der Waals surface area (Å²) in [6.07, 6.45) is 2.81. The third-order valence-electron chi connectivity index (χ3n) is 2.33. The maximum Gasteiger partial charge on any atom is 0.224 e. The van der Waals surface area contributed by atoms with Gasteiger partial charge in [-0.15, -0.1) is 0 Å². The zero-order valence-corrected chi connectivity index (χ0v) is 11.4. The van der Waals surface area contributed by atoms with Gasteiger partial charge in [0.2, 0.25) is 5.95 Å². The SMILES string of the molecule is COCCNc1ccnc(NCCCN(C)C)n1. The molecular formula is C12H23N5O. The van der Waals surface area contributed by atoms with Crippen molar-refractivity contribution in [3.63, 3.8) is 0 Å². The van der Waals surface area contributed by atoms with E-state index in [9.17, 15) is 0 Å². The van der Waals surface area contributed by atoms with Gasteiger partial charge in [0.15, 0.2) is 0 Å². The zero-order chi connectivity index (χ0) is 13.2. The molecule has 0 fully saturated rings. The Bertz CT molecular complexity index is 332. The highest BCUT2D eigenvalue weighted by molar-refractivity contribution is 5.39. The number of nitrogens with one attached hydrogen (secondary N) is 2. The molecule has 0 radical (unpaired) electrons. The van der Waals surface area contributed by atoms with Gasteiger partial charge in [0.1, 0.15) is 5.82 Å². The normalized spacial score (nSPS) is 10.7. The Balaban J connectivity index is 2.30. The summed E-state index contributed by atoms with van der Waals surface area (Å²) in [4.78, 5) is 10.7. The molecule has 0 atom stereocenters. The third kappa shape index (κ3) is 6.36. The minimum atomic E-state index is 0.662. The van der Waals surface area contributed by atoms with Gasteiger partial charge in [-0.05, 0) is 33.1 Å². The molecule has 6 nitrogen and oxygen atoms in total. The van der Waals surface area contributed by atoms with Crippen molar-refractivity contribution in [2.75, 3.05) is 58.1 Å². The van der Waals surface area contributed by atoms with Crippen LogP contribution >= 0.6 is 0 Å². The second-order valence-corrected chi connectivity index (χ2v) is 4.27. The summed E-state index contributed by atoms with van der Waals surface area (Å²) in [7, 11) is 5.81. The van der Waals surface area contributed by atoms with Gasteiger partial charge in [-0.2, -0.15) is 4.98 Å². The lowest BCUT2D eigenvalue weighted by atomic mass is 10.4. The van der Waals surface area contributed by atoms with E-state index < -0.39 is 0 Å². The Hall–Kier alpha value is -1.40. The van der Waals surface area contributed by atoms with Gasteiger partial charge < -0.3 is 20.3 Å². The van der Waals surface area contributed by atoms with Crippen molar-refractivity contribution in [3.8, 4) is 0 Å². The molecule has 0 saturated carbocycles. The van der Waals surface area contributed by atoms with Crippen LogP contribution in [0.3, 0.4) is 0 Å². The van der Waals surface area contributed by atoms with E-state index in [0.29, 0.717) is 12.6 Å². The van der Waals surface area contributed by atoms with E-state index in [1.54, 1.807) is 13.3 Å². The maximum atomic E-state index is 4.97. The fourth-order valence-corrected chi connectivity index (χ4v) is 1.42. The van der Waals surface area contributed by atoms with Gasteiger partial charge >= 0.3 is 0 Å². The minimum absolute atomic E-state index is 0.662. The van der Waals surface area contributed by atoms with Crippen LogP contribution in [0.5, 0.6) is 0 Å². The van der Waals surface area contributed by atoms with E-state index in [1.165, 1.54) is 0 Å². The quantitative estimate of drug-likeness (QED) is 0.638. The first kappa shape index (κ1) is 14.7. The Morgan fingerprint density at radius 1 is 1.28 bits per heavy atom. The van der Waals surface area contributed by atoms with Crippen molar-refractivity contribution in [3.05, 3.63) is 12.3 Å². The fourth-order valence-electron chi connectivity index (χ4n) is 1.42.